The van der Waals surface area contributed by atoms with Crippen molar-refractivity contribution in [1.82, 2.24) is 10.2 Å². The molecule has 1 heterocycles. The van der Waals surface area contributed by atoms with E-state index >= 15 is 0 Å². The second-order valence-electron chi connectivity index (χ2n) is 7.06. The molecule has 8 heteroatoms. The fourth-order valence-electron chi connectivity index (χ4n) is 3.14. The number of hydrogen-bond donors (Lipinski definition) is 3. The third kappa shape index (κ3) is 4.97. The highest BCUT2D eigenvalue weighted by molar-refractivity contribution is 5.96. The second-order valence-corrected chi connectivity index (χ2v) is 7.06. The van der Waals surface area contributed by atoms with Gasteiger partial charge in [-0.05, 0) is 51.8 Å². The number of carbonyl (C=O) groups is 3. The van der Waals surface area contributed by atoms with Gasteiger partial charge in [0.2, 0.25) is 5.91 Å². The van der Waals surface area contributed by atoms with E-state index in [0.29, 0.717) is 32.5 Å². The van der Waals surface area contributed by atoms with Gasteiger partial charge in [-0.2, -0.15) is 0 Å². The van der Waals surface area contributed by atoms with Crippen molar-refractivity contribution in [3.05, 3.63) is 29.8 Å². The molecule has 1 aliphatic heterocycles. The normalized spacial score (nSPS) is 16.9. The molecule has 0 unspecified atom stereocenters. The smallest absolute Gasteiger partial charge is 0.266 e. The van der Waals surface area contributed by atoms with Gasteiger partial charge in [0.25, 0.3) is 11.8 Å². The predicted molar refractivity (Wildman–Crippen MR) is 101 cm³/mol. The molecular formula is C19H28N4O4. The highest BCUT2D eigenvalue weighted by Gasteiger charge is 2.42. The number of benzene rings is 1. The lowest BCUT2D eigenvalue weighted by atomic mass is 10.1. The highest BCUT2D eigenvalue weighted by atomic mass is 16.5. The summed E-state index contributed by atoms with van der Waals surface area (Å²) in [6, 6.07) is 5.98. The minimum absolute atomic E-state index is 0.178. The number of primary amides is 1. The number of ether oxygens (including phenoxy) is 1. The molecule has 1 aromatic carbocycles. The van der Waals surface area contributed by atoms with Crippen LogP contribution in [-0.4, -0.2) is 53.9 Å². The summed E-state index contributed by atoms with van der Waals surface area (Å²) in [5, 5.41) is 2.82. The molecular weight excluding hydrogens is 348 g/mol. The SMILES string of the molecule is CC(C)(Oc1ccccc1C(N)=O)C(=O)N1CCC[C@H]1C(=O)NCCCN. The summed E-state index contributed by atoms with van der Waals surface area (Å²) >= 11 is 0. The first-order valence-corrected chi connectivity index (χ1v) is 9.14. The van der Waals surface area contributed by atoms with E-state index in [1.165, 1.54) is 0 Å². The molecule has 0 spiro atoms. The Kier molecular flexibility index (Phi) is 6.79. The summed E-state index contributed by atoms with van der Waals surface area (Å²) < 4.78 is 5.85. The van der Waals surface area contributed by atoms with Gasteiger partial charge in [-0.3, -0.25) is 14.4 Å². The van der Waals surface area contributed by atoms with Crippen LogP contribution >= 0.6 is 0 Å². The summed E-state index contributed by atoms with van der Waals surface area (Å²) in [7, 11) is 0. The van der Waals surface area contributed by atoms with E-state index in [1.54, 1.807) is 43.0 Å². The largest absolute Gasteiger partial charge is 0.477 e. The van der Waals surface area contributed by atoms with Crippen molar-refractivity contribution in [2.24, 2.45) is 11.5 Å². The van der Waals surface area contributed by atoms with Crippen LogP contribution in [0, 0.1) is 0 Å². The van der Waals surface area contributed by atoms with Crippen LogP contribution in [0.5, 0.6) is 5.75 Å². The van der Waals surface area contributed by atoms with Crippen molar-refractivity contribution in [2.75, 3.05) is 19.6 Å². The summed E-state index contributed by atoms with van der Waals surface area (Å²) in [6.45, 7) is 4.70. The highest BCUT2D eigenvalue weighted by Crippen LogP contribution is 2.27. The predicted octanol–water partition coefficient (Wildman–Crippen LogP) is 0.399. The van der Waals surface area contributed by atoms with Crippen LogP contribution in [0.25, 0.3) is 0 Å². The lowest BCUT2D eigenvalue weighted by Gasteiger charge is -2.33. The number of nitrogens with one attached hydrogen (secondary N) is 1. The van der Waals surface area contributed by atoms with E-state index in [9.17, 15) is 14.4 Å². The maximum atomic E-state index is 13.1. The number of nitrogens with two attached hydrogens (primary N) is 2. The first-order valence-electron chi connectivity index (χ1n) is 9.14. The molecule has 1 aromatic rings. The molecule has 0 aromatic heterocycles. The molecule has 5 N–H and O–H groups in total. The molecule has 27 heavy (non-hydrogen) atoms. The number of para-hydroxylation sites is 1. The van der Waals surface area contributed by atoms with Gasteiger partial charge in [-0.25, -0.2) is 0 Å². The average Bonchev–Trinajstić information content (AvgIpc) is 3.10. The summed E-state index contributed by atoms with van der Waals surface area (Å²) in [6.07, 6.45) is 2.04. The maximum absolute atomic E-state index is 13.1. The number of amides is 3. The molecule has 3 amide bonds. The third-order valence-corrected chi connectivity index (χ3v) is 4.53. The number of likely N-dealkylation sites (tertiary alicyclic amines) is 1. The van der Waals surface area contributed by atoms with Gasteiger partial charge in [0, 0.05) is 13.1 Å². The minimum atomic E-state index is -1.26. The molecule has 1 aliphatic rings. The van der Waals surface area contributed by atoms with E-state index in [2.05, 4.69) is 5.32 Å². The molecule has 148 valence electrons. The van der Waals surface area contributed by atoms with Crippen molar-refractivity contribution >= 4 is 17.7 Å². The monoisotopic (exact) mass is 376 g/mol. The lowest BCUT2D eigenvalue weighted by molar-refractivity contribution is -0.149. The Labute approximate surface area is 159 Å². The maximum Gasteiger partial charge on any atom is 0.266 e. The standard InChI is InChI=1S/C19H28N4O4/c1-19(2,27-15-9-4-3-7-13(15)16(21)24)18(26)23-12-5-8-14(23)17(25)22-11-6-10-20/h3-4,7,9,14H,5-6,8,10-12,20H2,1-2H3,(H2,21,24)(H,22,25)/t14-/m0/s1. The van der Waals surface area contributed by atoms with Crippen molar-refractivity contribution in [1.29, 1.82) is 0 Å². The second kappa shape index (κ2) is 8.85. The number of nitrogens with zero attached hydrogens (tertiary/aromatic N) is 1. The Bertz CT molecular complexity index is 705. The first kappa shape index (κ1) is 20.7. The minimum Gasteiger partial charge on any atom is -0.477 e. The van der Waals surface area contributed by atoms with Gasteiger partial charge >= 0.3 is 0 Å². The Morgan fingerprint density at radius 3 is 2.67 bits per heavy atom. The Morgan fingerprint density at radius 2 is 2.00 bits per heavy atom. The summed E-state index contributed by atoms with van der Waals surface area (Å²) in [4.78, 5) is 38.6. The van der Waals surface area contributed by atoms with E-state index in [0.717, 1.165) is 6.42 Å². The Hall–Kier alpha value is -2.61. The zero-order valence-corrected chi connectivity index (χ0v) is 15.9. The van der Waals surface area contributed by atoms with E-state index < -0.39 is 17.6 Å². The topological polar surface area (TPSA) is 128 Å². The molecule has 0 bridgehead atoms. The summed E-state index contributed by atoms with van der Waals surface area (Å²) in [5.74, 6) is -0.875. The van der Waals surface area contributed by atoms with Crippen molar-refractivity contribution in [3.8, 4) is 5.75 Å². The number of hydrogen-bond acceptors (Lipinski definition) is 5. The van der Waals surface area contributed by atoms with Crippen LogP contribution in [0.2, 0.25) is 0 Å². The van der Waals surface area contributed by atoms with E-state index in [1.807, 2.05) is 0 Å². The lowest BCUT2D eigenvalue weighted by Crippen LogP contribution is -2.54. The van der Waals surface area contributed by atoms with Gasteiger partial charge < -0.3 is 26.4 Å². The van der Waals surface area contributed by atoms with Gasteiger partial charge in [0.1, 0.15) is 11.8 Å². The fraction of sp³-hybridized carbons (Fsp3) is 0.526. The molecule has 2 rings (SSSR count). The Balaban J connectivity index is 2.12. The fourth-order valence-corrected chi connectivity index (χ4v) is 3.14. The van der Waals surface area contributed by atoms with Crippen molar-refractivity contribution in [2.45, 2.75) is 44.8 Å². The molecule has 8 nitrogen and oxygen atoms in total. The van der Waals surface area contributed by atoms with Gasteiger partial charge in [-0.1, -0.05) is 12.1 Å². The van der Waals surface area contributed by atoms with Crippen molar-refractivity contribution < 1.29 is 19.1 Å². The van der Waals surface area contributed by atoms with Crippen LogP contribution in [0.4, 0.5) is 0 Å². The van der Waals surface area contributed by atoms with E-state index in [-0.39, 0.29) is 23.1 Å². The first-order chi connectivity index (χ1) is 12.8. The van der Waals surface area contributed by atoms with Crippen LogP contribution in [0.15, 0.2) is 24.3 Å². The molecule has 1 atom stereocenters. The van der Waals surface area contributed by atoms with Gasteiger partial charge in [-0.15, -0.1) is 0 Å². The molecule has 1 fully saturated rings. The number of carbonyl (C=O) groups excluding carboxylic acids is 3. The molecule has 0 saturated carbocycles. The van der Waals surface area contributed by atoms with Crippen LogP contribution in [0.1, 0.15) is 43.5 Å². The van der Waals surface area contributed by atoms with Crippen LogP contribution in [0.3, 0.4) is 0 Å². The molecule has 0 aliphatic carbocycles. The van der Waals surface area contributed by atoms with Gasteiger partial charge in [0.05, 0.1) is 5.56 Å². The zero-order valence-electron chi connectivity index (χ0n) is 15.9. The molecule has 1 saturated heterocycles. The zero-order chi connectivity index (χ0) is 20.0. The van der Waals surface area contributed by atoms with Crippen LogP contribution < -0.4 is 21.5 Å². The Morgan fingerprint density at radius 1 is 1.30 bits per heavy atom. The third-order valence-electron chi connectivity index (χ3n) is 4.53. The molecule has 0 radical (unpaired) electrons. The number of rotatable bonds is 8. The quantitative estimate of drug-likeness (QED) is 0.566. The van der Waals surface area contributed by atoms with Crippen LogP contribution in [-0.2, 0) is 9.59 Å². The average molecular weight is 376 g/mol. The van der Waals surface area contributed by atoms with E-state index in [4.69, 9.17) is 16.2 Å². The van der Waals surface area contributed by atoms with Crippen molar-refractivity contribution in [3.63, 3.8) is 0 Å². The summed E-state index contributed by atoms with van der Waals surface area (Å²) in [5.41, 5.74) is 9.76. The van der Waals surface area contributed by atoms with Gasteiger partial charge in [0.15, 0.2) is 5.60 Å².